The van der Waals surface area contributed by atoms with E-state index in [4.69, 9.17) is 0 Å². The molecule has 1 aliphatic rings. The Bertz CT molecular complexity index is 1050. The van der Waals surface area contributed by atoms with Crippen LogP contribution in [0.1, 0.15) is 38.3 Å². The smallest absolute Gasteiger partial charge is 0.263 e. The molecule has 0 unspecified atom stereocenters. The Kier molecular flexibility index (Phi) is 5.16. The van der Waals surface area contributed by atoms with Gasteiger partial charge in [0.25, 0.3) is 10.0 Å². The minimum Gasteiger partial charge on any atom is -0.506 e. The zero-order valence-electron chi connectivity index (χ0n) is 16.0. The molecule has 8 heteroatoms. The second-order valence-corrected chi connectivity index (χ2v) is 9.26. The zero-order chi connectivity index (χ0) is 20.5. The molecule has 7 nitrogen and oxygen atoms in total. The summed E-state index contributed by atoms with van der Waals surface area (Å²) in [6.07, 6.45) is 0.0482. The van der Waals surface area contributed by atoms with Crippen molar-refractivity contribution in [3.63, 3.8) is 0 Å². The van der Waals surface area contributed by atoms with E-state index in [0.29, 0.717) is 11.3 Å². The molecule has 3 N–H and O–H groups in total. The van der Waals surface area contributed by atoms with Gasteiger partial charge in [0.15, 0.2) is 0 Å². The number of benzene rings is 2. The van der Waals surface area contributed by atoms with Crippen LogP contribution >= 0.6 is 0 Å². The maximum Gasteiger partial charge on any atom is 0.263 e. The van der Waals surface area contributed by atoms with Crippen LogP contribution < -0.4 is 10.0 Å². The fraction of sp³-hybridized carbons (Fsp3) is 0.300. The highest BCUT2D eigenvalue weighted by Crippen LogP contribution is 2.30. The van der Waals surface area contributed by atoms with E-state index in [1.54, 1.807) is 30.3 Å². The van der Waals surface area contributed by atoms with Gasteiger partial charge in [0.2, 0.25) is 5.91 Å². The molecule has 0 fully saturated rings. The van der Waals surface area contributed by atoms with E-state index in [1.807, 2.05) is 26.8 Å². The Labute approximate surface area is 164 Å². The number of hydrogen-bond acceptors (Lipinski definition) is 5. The molecule has 0 radical (unpaired) electrons. The normalized spacial score (nSPS) is 16.5. The molecule has 1 aliphatic heterocycles. The molecule has 0 aromatic heterocycles. The topological polar surface area (TPSA) is 108 Å². The SMILES string of the molecule is CC(C)(C)c1ccc(O)c(NC(=O)CCN=C2NS(=O)(=O)c3ccccc32)c1. The molecule has 3 rings (SSSR count). The quantitative estimate of drug-likeness (QED) is 0.685. The summed E-state index contributed by atoms with van der Waals surface area (Å²) < 4.78 is 26.5. The summed E-state index contributed by atoms with van der Waals surface area (Å²) in [6, 6.07) is 11.7. The fourth-order valence-electron chi connectivity index (χ4n) is 2.84. The van der Waals surface area contributed by atoms with Gasteiger partial charge in [-0.1, -0.05) is 39.0 Å². The van der Waals surface area contributed by atoms with E-state index in [9.17, 15) is 18.3 Å². The van der Waals surface area contributed by atoms with Crippen molar-refractivity contribution in [2.45, 2.75) is 37.5 Å². The molecule has 1 heterocycles. The van der Waals surface area contributed by atoms with Crippen molar-refractivity contribution in [1.29, 1.82) is 0 Å². The number of rotatable bonds is 4. The molecule has 2 aromatic carbocycles. The number of amides is 1. The van der Waals surface area contributed by atoms with Gasteiger partial charge in [0, 0.05) is 12.0 Å². The van der Waals surface area contributed by atoms with Crippen LogP contribution in [0, 0.1) is 0 Å². The van der Waals surface area contributed by atoms with Gasteiger partial charge >= 0.3 is 0 Å². The first kappa shape index (κ1) is 19.9. The summed E-state index contributed by atoms with van der Waals surface area (Å²) in [5, 5.41) is 12.7. The molecule has 28 heavy (non-hydrogen) atoms. The zero-order valence-corrected chi connectivity index (χ0v) is 16.8. The van der Waals surface area contributed by atoms with Gasteiger partial charge in [-0.15, -0.1) is 0 Å². The van der Waals surface area contributed by atoms with E-state index in [2.05, 4.69) is 15.0 Å². The minimum atomic E-state index is -3.59. The summed E-state index contributed by atoms with van der Waals surface area (Å²) >= 11 is 0. The summed E-state index contributed by atoms with van der Waals surface area (Å²) in [5.41, 5.74) is 1.71. The number of aromatic hydroxyl groups is 1. The van der Waals surface area contributed by atoms with Crippen LogP contribution in [-0.2, 0) is 20.2 Å². The summed E-state index contributed by atoms with van der Waals surface area (Å²) in [6.45, 7) is 6.24. The number of nitrogens with zero attached hydrogens (tertiary/aromatic N) is 1. The number of aliphatic imine (C=N–C) groups is 1. The number of nitrogens with one attached hydrogen (secondary N) is 2. The van der Waals surface area contributed by atoms with E-state index in [-0.39, 0.29) is 40.8 Å². The number of amidine groups is 1. The van der Waals surface area contributed by atoms with Crippen molar-refractivity contribution in [1.82, 2.24) is 4.72 Å². The van der Waals surface area contributed by atoms with Gasteiger partial charge in [0.05, 0.1) is 17.1 Å². The number of anilines is 1. The Balaban J connectivity index is 1.67. The predicted molar refractivity (Wildman–Crippen MR) is 108 cm³/mol. The molecule has 0 bridgehead atoms. The van der Waals surface area contributed by atoms with Gasteiger partial charge < -0.3 is 10.4 Å². The van der Waals surface area contributed by atoms with Crippen LogP contribution in [-0.4, -0.2) is 31.8 Å². The number of hydrogen-bond donors (Lipinski definition) is 3. The average Bonchev–Trinajstić information content (AvgIpc) is 2.87. The maximum atomic E-state index is 12.2. The van der Waals surface area contributed by atoms with Gasteiger partial charge in [-0.05, 0) is 35.2 Å². The maximum absolute atomic E-state index is 12.2. The molecule has 1 amide bonds. The minimum absolute atomic E-state index is 0.00913. The van der Waals surface area contributed by atoms with Crippen molar-refractivity contribution < 1.29 is 18.3 Å². The summed E-state index contributed by atoms with van der Waals surface area (Å²) in [5.74, 6) is -0.0917. The van der Waals surface area contributed by atoms with Crippen molar-refractivity contribution in [2.75, 3.05) is 11.9 Å². The van der Waals surface area contributed by atoms with Crippen LogP contribution in [0.25, 0.3) is 0 Å². The Hall–Kier alpha value is -2.87. The number of carbonyl (C=O) groups is 1. The molecule has 0 atom stereocenters. The largest absolute Gasteiger partial charge is 0.506 e. The van der Waals surface area contributed by atoms with Gasteiger partial charge in [-0.2, -0.15) is 0 Å². The monoisotopic (exact) mass is 401 g/mol. The fourth-order valence-corrected chi connectivity index (χ4v) is 4.09. The first-order valence-corrected chi connectivity index (χ1v) is 10.4. The van der Waals surface area contributed by atoms with Gasteiger partial charge in [-0.25, -0.2) is 8.42 Å². The van der Waals surface area contributed by atoms with Gasteiger partial charge in [-0.3, -0.25) is 14.5 Å². The number of phenols is 1. The Morgan fingerprint density at radius 3 is 2.61 bits per heavy atom. The van der Waals surface area contributed by atoms with Crippen molar-refractivity contribution in [3.8, 4) is 5.75 Å². The van der Waals surface area contributed by atoms with E-state index >= 15 is 0 Å². The third-order valence-corrected chi connectivity index (χ3v) is 5.81. The second-order valence-electron chi connectivity index (χ2n) is 7.61. The molecular formula is C20H23N3O4S. The lowest BCUT2D eigenvalue weighted by molar-refractivity contribution is -0.116. The summed E-state index contributed by atoms with van der Waals surface area (Å²) in [7, 11) is -3.59. The highest BCUT2D eigenvalue weighted by atomic mass is 32.2. The van der Waals surface area contributed by atoms with Crippen molar-refractivity contribution >= 4 is 27.5 Å². The van der Waals surface area contributed by atoms with E-state index < -0.39 is 10.0 Å². The second kappa shape index (κ2) is 7.27. The molecule has 2 aromatic rings. The standard InChI is InChI=1S/C20H23N3O4S/c1-20(2,3)13-8-9-16(24)15(12-13)22-18(25)10-11-21-19-14-6-4-5-7-17(14)28(26,27)23-19/h4-9,12,24H,10-11H2,1-3H3,(H,21,23)(H,22,25). The lowest BCUT2D eigenvalue weighted by Gasteiger charge is -2.20. The van der Waals surface area contributed by atoms with Crippen LogP contribution in [0.3, 0.4) is 0 Å². The Morgan fingerprint density at radius 1 is 1.18 bits per heavy atom. The Morgan fingerprint density at radius 2 is 1.89 bits per heavy atom. The van der Waals surface area contributed by atoms with E-state index in [0.717, 1.165) is 5.56 Å². The number of sulfonamides is 1. The molecule has 0 saturated heterocycles. The third kappa shape index (κ3) is 4.17. The highest BCUT2D eigenvalue weighted by Gasteiger charge is 2.30. The van der Waals surface area contributed by atoms with Gasteiger partial charge in [0.1, 0.15) is 11.6 Å². The lowest BCUT2D eigenvalue weighted by Crippen LogP contribution is -2.23. The first-order chi connectivity index (χ1) is 13.1. The molecule has 0 spiro atoms. The third-order valence-electron chi connectivity index (χ3n) is 4.41. The predicted octanol–water partition coefficient (Wildman–Crippen LogP) is 2.76. The molecular weight excluding hydrogens is 378 g/mol. The number of carbonyl (C=O) groups excluding carboxylic acids is 1. The lowest BCUT2D eigenvalue weighted by atomic mass is 9.87. The van der Waals surface area contributed by atoms with Crippen LogP contribution in [0.5, 0.6) is 5.75 Å². The van der Waals surface area contributed by atoms with Crippen molar-refractivity contribution in [3.05, 3.63) is 53.6 Å². The van der Waals surface area contributed by atoms with E-state index in [1.165, 1.54) is 6.07 Å². The first-order valence-electron chi connectivity index (χ1n) is 8.88. The molecule has 0 saturated carbocycles. The average molecular weight is 401 g/mol. The number of fused-ring (bicyclic) bond motifs is 1. The van der Waals surface area contributed by atoms with Crippen LogP contribution in [0.2, 0.25) is 0 Å². The number of phenolic OH excluding ortho intramolecular Hbond substituents is 1. The highest BCUT2D eigenvalue weighted by molar-refractivity contribution is 7.90. The molecule has 0 aliphatic carbocycles. The van der Waals surface area contributed by atoms with Crippen LogP contribution in [0.4, 0.5) is 5.69 Å². The van der Waals surface area contributed by atoms with Crippen LogP contribution in [0.15, 0.2) is 52.4 Å². The summed E-state index contributed by atoms with van der Waals surface area (Å²) in [4.78, 5) is 16.6. The molecule has 148 valence electrons. The van der Waals surface area contributed by atoms with Crippen molar-refractivity contribution in [2.24, 2.45) is 4.99 Å².